The predicted molar refractivity (Wildman–Crippen MR) is 224 cm³/mol. The Kier molecular flexibility index (Phi) is 10.9. The molecule has 9 aromatic carbocycles. The Hall–Kier alpha value is -7.19. The van der Waals surface area contributed by atoms with E-state index in [9.17, 15) is 19.5 Å². The molecule has 0 bridgehead atoms. The number of fused-ring (bicyclic) bond motifs is 2. The van der Waals surface area contributed by atoms with Gasteiger partial charge in [-0.3, -0.25) is 9.59 Å². The van der Waals surface area contributed by atoms with Crippen LogP contribution in [0.4, 0.5) is 17.1 Å². The summed E-state index contributed by atoms with van der Waals surface area (Å²) < 4.78 is 0. The maximum atomic E-state index is 13.6. The average Bonchev–Trinajstić information content (AvgIpc) is 3.21. The van der Waals surface area contributed by atoms with Gasteiger partial charge >= 0.3 is 0 Å². The molecule has 0 unspecified atom stereocenters. The molecule has 0 radical (unpaired) electrons. The summed E-state index contributed by atoms with van der Waals surface area (Å²) in [5.74, 6) is -1.71. The predicted octanol–water partition coefficient (Wildman–Crippen LogP) is 8.21. The maximum Gasteiger partial charge on any atom is 0.256 e. The topological polar surface area (TPSA) is 142 Å². The fourth-order valence-electron chi connectivity index (χ4n) is 7.20. The first kappa shape index (κ1) is 37.1. The van der Waals surface area contributed by atoms with Crippen LogP contribution in [0.1, 0.15) is 42.2 Å². The first-order valence-electron chi connectivity index (χ1n) is 18.3. The van der Waals surface area contributed by atoms with Crippen molar-refractivity contribution < 1.29 is 31.0 Å². The SMILES string of the molecule is Cc1ccc2c3ccc(C(=O)[O-])c4c(C(=O)Cc5ccccc5)ccc(c5ccc(C(=O)Nc6ccccc6)c1c25)c43.[NH3+]c1ccccc1.[NH3+]c1ccccc1. The molecule has 9 rings (SSSR count). The van der Waals surface area contributed by atoms with Gasteiger partial charge in [-0.25, -0.2) is 0 Å². The molecule has 274 valence electrons. The highest BCUT2D eigenvalue weighted by molar-refractivity contribution is 6.37. The third kappa shape index (κ3) is 7.72. The molecule has 7 heteroatoms. The summed E-state index contributed by atoms with van der Waals surface area (Å²) >= 11 is 0. The molecule has 0 aliphatic carbocycles. The third-order valence-electron chi connectivity index (χ3n) is 9.80. The highest BCUT2D eigenvalue weighted by Crippen LogP contribution is 2.44. The number of hydrogen-bond acceptors (Lipinski definition) is 4. The molecule has 0 saturated carbocycles. The second-order valence-corrected chi connectivity index (χ2v) is 13.6. The van der Waals surface area contributed by atoms with Crippen LogP contribution >= 0.6 is 0 Å². The fourth-order valence-corrected chi connectivity index (χ4v) is 7.20. The summed E-state index contributed by atoms with van der Waals surface area (Å²) in [6, 6.07) is 53.1. The zero-order valence-corrected chi connectivity index (χ0v) is 30.9. The van der Waals surface area contributed by atoms with E-state index in [1.54, 1.807) is 12.1 Å². The zero-order chi connectivity index (χ0) is 39.2. The Bertz CT molecular complexity index is 2770. The van der Waals surface area contributed by atoms with E-state index >= 15 is 0 Å². The van der Waals surface area contributed by atoms with Gasteiger partial charge in [0.2, 0.25) is 0 Å². The molecule has 0 aromatic heterocycles. The molecule has 0 atom stereocenters. The van der Waals surface area contributed by atoms with Gasteiger partial charge in [-0.2, -0.15) is 0 Å². The Morgan fingerprint density at radius 1 is 0.482 bits per heavy atom. The van der Waals surface area contributed by atoms with Gasteiger partial charge in [0.15, 0.2) is 5.78 Å². The van der Waals surface area contributed by atoms with E-state index in [0.717, 1.165) is 54.8 Å². The minimum absolute atomic E-state index is 0.0160. The van der Waals surface area contributed by atoms with Crippen LogP contribution in [0.25, 0.3) is 43.1 Å². The van der Waals surface area contributed by atoms with Crippen LogP contribution in [-0.4, -0.2) is 17.7 Å². The van der Waals surface area contributed by atoms with Crippen LogP contribution < -0.4 is 21.9 Å². The number of amides is 1. The largest absolute Gasteiger partial charge is 0.545 e. The van der Waals surface area contributed by atoms with Crippen molar-refractivity contribution in [1.29, 1.82) is 0 Å². The van der Waals surface area contributed by atoms with E-state index < -0.39 is 5.97 Å². The monoisotopic (exact) mass is 734 g/mol. The number of aryl methyl sites for hydroxylation is 1. The van der Waals surface area contributed by atoms with E-state index in [2.05, 4.69) is 16.8 Å². The molecule has 0 aliphatic rings. The number of anilines is 1. The number of nitrogens with one attached hydrogen (secondary N) is 1. The Labute approximate surface area is 324 Å². The first-order valence-corrected chi connectivity index (χ1v) is 18.3. The Balaban J connectivity index is 0.000000288. The molecule has 7 nitrogen and oxygen atoms in total. The summed E-state index contributed by atoms with van der Waals surface area (Å²) in [6.45, 7) is 1.98. The molecular weight excluding hydrogens is 695 g/mol. The van der Waals surface area contributed by atoms with E-state index in [0.29, 0.717) is 27.6 Å². The van der Waals surface area contributed by atoms with E-state index in [1.165, 1.54) is 6.07 Å². The van der Waals surface area contributed by atoms with Crippen molar-refractivity contribution >= 4 is 77.8 Å². The van der Waals surface area contributed by atoms with Crippen LogP contribution in [-0.2, 0) is 6.42 Å². The molecule has 7 N–H and O–H groups in total. The maximum absolute atomic E-state index is 13.6. The summed E-state index contributed by atoms with van der Waals surface area (Å²) in [5.41, 5.74) is 13.0. The summed E-state index contributed by atoms with van der Waals surface area (Å²) in [4.78, 5) is 39.5. The molecular formula is C49H40N3O4+. The van der Waals surface area contributed by atoms with E-state index in [-0.39, 0.29) is 23.7 Å². The number of aromatic carboxylic acids is 1. The van der Waals surface area contributed by atoms with Crippen molar-refractivity contribution in [1.82, 2.24) is 0 Å². The quantitative estimate of drug-likeness (QED) is 0.0900. The number of hydrogen-bond donors (Lipinski definition) is 3. The van der Waals surface area contributed by atoms with Gasteiger partial charge in [-0.05, 0) is 98.2 Å². The van der Waals surface area contributed by atoms with Crippen LogP contribution in [0.5, 0.6) is 0 Å². The Morgan fingerprint density at radius 2 is 0.911 bits per heavy atom. The van der Waals surface area contributed by atoms with Crippen molar-refractivity contribution in [2.75, 3.05) is 5.32 Å². The van der Waals surface area contributed by atoms with Gasteiger partial charge in [0.05, 0.1) is 5.97 Å². The number of carboxylic acids is 1. The lowest BCUT2D eigenvalue weighted by molar-refractivity contribution is -0.255. The molecule has 1 amide bonds. The second-order valence-electron chi connectivity index (χ2n) is 13.6. The van der Waals surface area contributed by atoms with Crippen LogP contribution in [0.15, 0.2) is 170 Å². The highest BCUT2D eigenvalue weighted by atomic mass is 16.4. The number of carboxylic acid groups (broad SMARTS) is 1. The molecule has 0 spiro atoms. The lowest BCUT2D eigenvalue weighted by Gasteiger charge is -2.20. The third-order valence-corrected chi connectivity index (χ3v) is 9.80. The average molecular weight is 735 g/mol. The van der Waals surface area contributed by atoms with Crippen molar-refractivity contribution in [3.05, 3.63) is 198 Å². The van der Waals surface area contributed by atoms with Gasteiger partial charge in [-0.15, -0.1) is 0 Å². The summed E-state index contributed by atoms with van der Waals surface area (Å²) in [7, 11) is 0. The zero-order valence-electron chi connectivity index (χ0n) is 30.9. The molecule has 0 saturated heterocycles. The standard InChI is InChI=1S/C37H25NO4.2C6H7N/c1-21-12-13-24-27-16-19-30(37(41)42)35-28(31(39)20-22-8-4-2-5-9-22)17-14-26(34(27)35)25-15-18-29(32(21)33(24)25)36(40)38-23-10-6-3-7-11-23;2*7-6-4-2-1-3-5-6/h2-19H,20H2,1H3,(H,38,40)(H,41,42);2*1-5H,7H2/p+1. The van der Waals surface area contributed by atoms with Crippen molar-refractivity contribution in [3.8, 4) is 0 Å². The molecule has 0 heterocycles. The smallest absolute Gasteiger partial charge is 0.256 e. The fraction of sp³-hybridized carbons (Fsp3) is 0.0408. The van der Waals surface area contributed by atoms with Crippen molar-refractivity contribution in [3.63, 3.8) is 0 Å². The molecule has 9 aromatic rings. The summed E-state index contributed by atoms with van der Waals surface area (Å²) in [6.07, 6.45) is 0.150. The van der Waals surface area contributed by atoms with Crippen molar-refractivity contribution in [2.45, 2.75) is 13.3 Å². The number of rotatable bonds is 6. The van der Waals surface area contributed by atoms with E-state index in [1.807, 2.05) is 159 Å². The minimum atomic E-state index is -1.33. The van der Waals surface area contributed by atoms with Gasteiger partial charge in [-0.1, -0.05) is 127 Å². The number of para-hydroxylation sites is 1. The Morgan fingerprint density at radius 3 is 1.39 bits per heavy atom. The normalized spacial score (nSPS) is 10.8. The lowest BCUT2D eigenvalue weighted by atomic mass is 9.83. The minimum Gasteiger partial charge on any atom is -0.545 e. The molecule has 56 heavy (non-hydrogen) atoms. The lowest BCUT2D eigenvalue weighted by Crippen LogP contribution is -2.39. The van der Waals surface area contributed by atoms with Crippen LogP contribution in [0.2, 0.25) is 0 Å². The number of quaternary nitrogens is 2. The number of benzene rings is 9. The van der Waals surface area contributed by atoms with Gasteiger partial charge in [0.1, 0.15) is 11.4 Å². The van der Waals surface area contributed by atoms with Gasteiger partial charge in [0.25, 0.3) is 5.91 Å². The first-order chi connectivity index (χ1) is 27.2. The molecule has 0 fully saturated rings. The van der Waals surface area contributed by atoms with Crippen molar-refractivity contribution in [2.24, 2.45) is 0 Å². The van der Waals surface area contributed by atoms with Gasteiger partial charge < -0.3 is 26.7 Å². The van der Waals surface area contributed by atoms with Crippen LogP contribution in [0.3, 0.4) is 0 Å². The van der Waals surface area contributed by atoms with E-state index in [4.69, 9.17) is 0 Å². The molecule has 0 aliphatic heterocycles. The number of Topliss-reactive ketones (excluding diaryl/α,β-unsaturated/α-hetero) is 1. The summed E-state index contributed by atoms with van der Waals surface area (Å²) in [5, 5.41) is 21.6. The number of ketones is 1. The highest BCUT2D eigenvalue weighted by Gasteiger charge is 2.23. The number of carbonyl (C=O) groups is 3. The second kappa shape index (κ2) is 16.4. The van der Waals surface area contributed by atoms with Crippen LogP contribution in [0, 0.1) is 6.92 Å². The van der Waals surface area contributed by atoms with Gasteiger partial charge in [0, 0.05) is 34.2 Å². The number of carbonyl (C=O) groups excluding carboxylic acids is 3.